The molecular weight excluding hydrogens is 326 g/mol. The van der Waals surface area contributed by atoms with Gasteiger partial charge in [-0.25, -0.2) is 0 Å². The molecule has 2 aromatic rings. The lowest BCUT2D eigenvalue weighted by Crippen LogP contribution is -2.25. The van der Waals surface area contributed by atoms with Crippen LogP contribution in [0, 0.1) is 0 Å². The van der Waals surface area contributed by atoms with Crippen LogP contribution in [0.3, 0.4) is 0 Å². The fourth-order valence-corrected chi connectivity index (χ4v) is 3.07. The first-order chi connectivity index (χ1) is 11.2. The second-order valence-corrected chi connectivity index (χ2v) is 6.93. The Labute approximate surface area is 147 Å². The van der Waals surface area contributed by atoms with Gasteiger partial charge in [-0.1, -0.05) is 42.8 Å². The highest BCUT2D eigenvalue weighted by Crippen LogP contribution is 2.19. The van der Waals surface area contributed by atoms with Crippen LogP contribution in [0.1, 0.15) is 24.5 Å². The number of nitrogens with one attached hydrogen (secondary N) is 1. The van der Waals surface area contributed by atoms with Gasteiger partial charge >= 0.3 is 0 Å². The number of halogens is 1. The van der Waals surface area contributed by atoms with Crippen molar-refractivity contribution in [2.45, 2.75) is 31.1 Å². The first kappa shape index (κ1) is 17.9. The Bertz CT molecular complexity index is 610. The van der Waals surface area contributed by atoms with Gasteiger partial charge in [0.25, 0.3) is 0 Å². The van der Waals surface area contributed by atoms with Crippen molar-refractivity contribution in [2.75, 3.05) is 12.3 Å². The SMILES string of the molecule is CCc1ccc(CCC(=O)NCCSc2ccc(Cl)cc2)cc1. The fourth-order valence-electron chi connectivity index (χ4n) is 2.18. The Hall–Kier alpha value is -1.45. The lowest BCUT2D eigenvalue weighted by molar-refractivity contribution is -0.120. The predicted octanol–water partition coefficient (Wildman–Crippen LogP) is 4.74. The standard InChI is InChI=1S/C19H22ClNOS/c1-2-15-3-5-16(6-4-15)7-12-19(22)21-13-14-23-18-10-8-17(20)9-11-18/h3-6,8-11H,2,7,12-14H2,1H3,(H,21,22). The van der Waals surface area contributed by atoms with Gasteiger partial charge < -0.3 is 5.32 Å². The largest absolute Gasteiger partial charge is 0.355 e. The Morgan fingerprint density at radius 3 is 2.35 bits per heavy atom. The van der Waals surface area contributed by atoms with E-state index in [9.17, 15) is 4.79 Å². The molecule has 0 radical (unpaired) electrons. The highest BCUT2D eigenvalue weighted by atomic mass is 35.5. The third-order valence-corrected chi connectivity index (χ3v) is 4.84. The molecule has 0 atom stereocenters. The van der Waals surface area contributed by atoms with Gasteiger partial charge in [-0.15, -0.1) is 11.8 Å². The third-order valence-electron chi connectivity index (χ3n) is 3.58. The molecular formula is C19H22ClNOS. The van der Waals surface area contributed by atoms with Gasteiger partial charge in [0.2, 0.25) is 5.91 Å². The Balaban J connectivity index is 1.62. The predicted molar refractivity (Wildman–Crippen MR) is 99.3 cm³/mol. The quantitative estimate of drug-likeness (QED) is 0.551. The minimum atomic E-state index is 0.112. The number of amides is 1. The number of hydrogen-bond acceptors (Lipinski definition) is 2. The molecule has 23 heavy (non-hydrogen) atoms. The summed E-state index contributed by atoms with van der Waals surface area (Å²) < 4.78 is 0. The average Bonchev–Trinajstić information content (AvgIpc) is 2.59. The number of aryl methyl sites for hydroxylation is 2. The van der Waals surface area contributed by atoms with E-state index in [0.29, 0.717) is 13.0 Å². The molecule has 2 aromatic carbocycles. The van der Waals surface area contributed by atoms with E-state index in [2.05, 4.69) is 36.5 Å². The molecule has 0 bridgehead atoms. The zero-order chi connectivity index (χ0) is 16.5. The maximum absolute atomic E-state index is 11.9. The summed E-state index contributed by atoms with van der Waals surface area (Å²) in [4.78, 5) is 13.0. The second kappa shape index (κ2) is 9.64. The maximum Gasteiger partial charge on any atom is 0.220 e. The van der Waals surface area contributed by atoms with Gasteiger partial charge in [-0.2, -0.15) is 0 Å². The minimum absolute atomic E-state index is 0.112. The Kier molecular flexibility index (Phi) is 7.50. The van der Waals surface area contributed by atoms with Crippen molar-refractivity contribution in [3.05, 3.63) is 64.7 Å². The van der Waals surface area contributed by atoms with Crippen molar-refractivity contribution >= 4 is 29.3 Å². The molecule has 0 saturated carbocycles. The van der Waals surface area contributed by atoms with Crippen molar-refractivity contribution in [1.82, 2.24) is 5.32 Å². The first-order valence-corrected chi connectivity index (χ1v) is 9.26. The summed E-state index contributed by atoms with van der Waals surface area (Å²) in [5.74, 6) is 0.972. The van der Waals surface area contributed by atoms with Crippen LogP contribution in [0.4, 0.5) is 0 Å². The lowest BCUT2D eigenvalue weighted by Gasteiger charge is -2.06. The molecule has 0 aromatic heterocycles. The van der Waals surface area contributed by atoms with Crippen LogP contribution in [0.15, 0.2) is 53.4 Å². The van der Waals surface area contributed by atoms with Crippen LogP contribution in [0.2, 0.25) is 5.02 Å². The highest BCUT2D eigenvalue weighted by molar-refractivity contribution is 7.99. The zero-order valence-electron chi connectivity index (χ0n) is 13.3. The molecule has 0 spiro atoms. The molecule has 0 unspecified atom stereocenters. The molecule has 0 fully saturated rings. The van der Waals surface area contributed by atoms with Crippen LogP contribution in [-0.2, 0) is 17.6 Å². The van der Waals surface area contributed by atoms with E-state index in [4.69, 9.17) is 11.6 Å². The summed E-state index contributed by atoms with van der Waals surface area (Å²) in [5.41, 5.74) is 2.55. The molecule has 0 aliphatic rings. The molecule has 0 aliphatic heterocycles. The molecule has 1 N–H and O–H groups in total. The molecule has 2 nitrogen and oxygen atoms in total. The third kappa shape index (κ3) is 6.67. The average molecular weight is 348 g/mol. The van der Waals surface area contributed by atoms with E-state index in [0.717, 1.165) is 23.6 Å². The Morgan fingerprint density at radius 2 is 1.70 bits per heavy atom. The number of thioether (sulfide) groups is 1. The molecule has 4 heteroatoms. The Morgan fingerprint density at radius 1 is 1.04 bits per heavy atom. The normalized spacial score (nSPS) is 10.5. The van der Waals surface area contributed by atoms with Crippen LogP contribution in [0.5, 0.6) is 0 Å². The number of benzene rings is 2. The van der Waals surface area contributed by atoms with E-state index in [1.807, 2.05) is 24.3 Å². The maximum atomic E-state index is 11.9. The monoisotopic (exact) mass is 347 g/mol. The van der Waals surface area contributed by atoms with Crippen molar-refractivity contribution < 1.29 is 4.79 Å². The van der Waals surface area contributed by atoms with E-state index >= 15 is 0 Å². The summed E-state index contributed by atoms with van der Waals surface area (Å²) >= 11 is 7.57. The lowest BCUT2D eigenvalue weighted by atomic mass is 10.1. The molecule has 2 rings (SSSR count). The zero-order valence-corrected chi connectivity index (χ0v) is 14.9. The van der Waals surface area contributed by atoms with E-state index in [1.165, 1.54) is 16.0 Å². The fraction of sp³-hybridized carbons (Fsp3) is 0.316. The smallest absolute Gasteiger partial charge is 0.220 e. The van der Waals surface area contributed by atoms with Crippen molar-refractivity contribution in [3.8, 4) is 0 Å². The van der Waals surface area contributed by atoms with Gasteiger partial charge in [-0.3, -0.25) is 4.79 Å². The topological polar surface area (TPSA) is 29.1 Å². The van der Waals surface area contributed by atoms with E-state index < -0.39 is 0 Å². The summed E-state index contributed by atoms with van der Waals surface area (Å²) in [6.45, 7) is 2.82. The van der Waals surface area contributed by atoms with Gasteiger partial charge in [0.05, 0.1) is 0 Å². The molecule has 0 heterocycles. The summed E-state index contributed by atoms with van der Waals surface area (Å²) in [5, 5.41) is 3.72. The molecule has 0 saturated heterocycles. The van der Waals surface area contributed by atoms with Crippen molar-refractivity contribution in [2.24, 2.45) is 0 Å². The van der Waals surface area contributed by atoms with Gasteiger partial charge in [0.15, 0.2) is 0 Å². The summed E-state index contributed by atoms with van der Waals surface area (Å²) in [6.07, 6.45) is 2.38. The molecule has 0 aliphatic carbocycles. The molecule has 1 amide bonds. The number of rotatable bonds is 8. The van der Waals surface area contributed by atoms with Crippen LogP contribution in [0.25, 0.3) is 0 Å². The highest BCUT2D eigenvalue weighted by Gasteiger charge is 2.02. The van der Waals surface area contributed by atoms with Crippen LogP contribution in [-0.4, -0.2) is 18.2 Å². The van der Waals surface area contributed by atoms with E-state index in [-0.39, 0.29) is 5.91 Å². The van der Waals surface area contributed by atoms with Gasteiger partial charge in [0.1, 0.15) is 0 Å². The first-order valence-electron chi connectivity index (χ1n) is 7.90. The molecule has 122 valence electrons. The van der Waals surface area contributed by atoms with Gasteiger partial charge in [0, 0.05) is 28.6 Å². The second-order valence-electron chi connectivity index (χ2n) is 5.32. The van der Waals surface area contributed by atoms with Crippen molar-refractivity contribution in [3.63, 3.8) is 0 Å². The summed E-state index contributed by atoms with van der Waals surface area (Å²) in [6, 6.07) is 16.2. The van der Waals surface area contributed by atoms with Gasteiger partial charge in [-0.05, 0) is 48.2 Å². The summed E-state index contributed by atoms with van der Waals surface area (Å²) in [7, 11) is 0. The van der Waals surface area contributed by atoms with Crippen LogP contribution >= 0.6 is 23.4 Å². The number of hydrogen-bond donors (Lipinski definition) is 1. The van der Waals surface area contributed by atoms with E-state index in [1.54, 1.807) is 11.8 Å². The minimum Gasteiger partial charge on any atom is -0.355 e. The van der Waals surface area contributed by atoms with Crippen molar-refractivity contribution in [1.29, 1.82) is 0 Å². The number of carbonyl (C=O) groups excluding carboxylic acids is 1. The number of carbonyl (C=O) groups is 1. The van der Waals surface area contributed by atoms with Crippen LogP contribution < -0.4 is 5.32 Å².